The van der Waals surface area contributed by atoms with E-state index in [9.17, 15) is 0 Å². The maximum Gasteiger partial charge on any atom is 0.116 e. The Bertz CT molecular complexity index is 1630. The first-order chi connectivity index (χ1) is 19.2. The standard InChI is InChI=1S/C33H36N6/c1-22(23-9-4-2-5-10-23)35-26-17-25(20-34-21-26)24-13-14-30-28(18-24)33(38-37-30)31-19-27-29(36-31)11-8-12-32(27)39-15-6-3-7-16-39/h8,11-14,17-21,23,35-36H,1-7,9-10,15-16H2,(H,37,38). The first-order valence-electron chi connectivity index (χ1n) is 14.5. The summed E-state index contributed by atoms with van der Waals surface area (Å²) in [6.07, 6.45) is 14.1. The van der Waals surface area contributed by atoms with Crippen LogP contribution >= 0.6 is 0 Å². The molecule has 0 bridgehead atoms. The van der Waals surface area contributed by atoms with Crippen LogP contribution in [0.4, 0.5) is 11.4 Å². The number of allylic oxidation sites excluding steroid dienone is 1. The normalized spacial score (nSPS) is 16.7. The van der Waals surface area contributed by atoms with Crippen molar-refractivity contribution in [2.45, 2.75) is 51.4 Å². The molecule has 5 aromatic rings. The molecule has 1 saturated heterocycles. The fourth-order valence-corrected chi connectivity index (χ4v) is 6.48. The predicted octanol–water partition coefficient (Wildman–Crippen LogP) is 8.27. The zero-order valence-corrected chi connectivity index (χ0v) is 22.5. The largest absolute Gasteiger partial charge is 0.371 e. The number of H-pyrrole nitrogens is 2. The van der Waals surface area contributed by atoms with Crippen LogP contribution in [0.15, 0.2) is 73.2 Å². The van der Waals surface area contributed by atoms with Gasteiger partial charge in [0, 0.05) is 52.5 Å². The number of nitrogens with zero attached hydrogens (tertiary/aromatic N) is 3. The van der Waals surface area contributed by atoms with Crippen LogP contribution in [0.25, 0.3) is 44.3 Å². The van der Waals surface area contributed by atoms with Gasteiger partial charge in [0.15, 0.2) is 0 Å². The lowest BCUT2D eigenvalue weighted by atomic mass is 9.87. The molecule has 6 heteroatoms. The number of anilines is 2. The van der Waals surface area contributed by atoms with Crippen LogP contribution in [0.1, 0.15) is 51.4 Å². The lowest BCUT2D eigenvalue weighted by Crippen LogP contribution is -2.29. The molecule has 198 valence electrons. The molecule has 0 radical (unpaired) electrons. The maximum absolute atomic E-state index is 4.74. The van der Waals surface area contributed by atoms with Crippen LogP contribution in [-0.4, -0.2) is 33.3 Å². The molecule has 3 aromatic heterocycles. The minimum Gasteiger partial charge on any atom is -0.371 e. The highest BCUT2D eigenvalue weighted by molar-refractivity contribution is 6.01. The number of pyridine rings is 1. The van der Waals surface area contributed by atoms with Gasteiger partial charge in [-0.05, 0) is 80.0 Å². The van der Waals surface area contributed by atoms with E-state index in [-0.39, 0.29) is 0 Å². The molecule has 2 aromatic carbocycles. The number of nitrogens with one attached hydrogen (secondary N) is 3. The van der Waals surface area contributed by atoms with Crippen molar-refractivity contribution in [3.8, 4) is 22.5 Å². The molecular weight excluding hydrogens is 480 g/mol. The summed E-state index contributed by atoms with van der Waals surface area (Å²) in [7, 11) is 0. The summed E-state index contributed by atoms with van der Waals surface area (Å²) < 4.78 is 0. The van der Waals surface area contributed by atoms with Gasteiger partial charge >= 0.3 is 0 Å². The van der Waals surface area contributed by atoms with Crippen molar-refractivity contribution in [2.75, 3.05) is 23.3 Å². The fraction of sp³-hybridized carbons (Fsp3) is 0.333. The summed E-state index contributed by atoms with van der Waals surface area (Å²) >= 11 is 0. The zero-order chi connectivity index (χ0) is 26.2. The van der Waals surface area contributed by atoms with Gasteiger partial charge in [-0.3, -0.25) is 10.1 Å². The third-order valence-corrected chi connectivity index (χ3v) is 8.63. The Morgan fingerprint density at radius 3 is 2.56 bits per heavy atom. The van der Waals surface area contributed by atoms with Gasteiger partial charge in [0.05, 0.1) is 23.1 Å². The van der Waals surface area contributed by atoms with E-state index in [0.29, 0.717) is 5.92 Å². The van der Waals surface area contributed by atoms with Crippen molar-refractivity contribution >= 4 is 33.2 Å². The summed E-state index contributed by atoms with van der Waals surface area (Å²) in [5.41, 5.74) is 9.79. The van der Waals surface area contributed by atoms with E-state index in [1.54, 1.807) is 0 Å². The molecule has 3 N–H and O–H groups in total. The maximum atomic E-state index is 4.74. The third-order valence-electron chi connectivity index (χ3n) is 8.63. The van der Waals surface area contributed by atoms with Gasteiger partial charge < -0.3 is 15.2 Å². The molecule has 4 heterocycles. The first-order valence-corrected chi connectivity index (χ1v) is 14.5. The van der Waals surface area contributed by atoms with Crippen molar-refractivity contribution in [3.63, 3.8) is 0 Å². The van der Waals surface area contributed by atoms with Crippen molar-refractivity contribution < 1.29 is 0 Å². The molecular formula is C33H36N6. The Balaban J connectivity index is 1.20. The number of hydrogen-bond donors (Lipinski definition) is 3. The summed E-state index contributed by atoms with van der Waals surface area (Å²) in [6.45, 7) is 6.61. The topological polar surface area (TPSA) is 72.6 Å². The number of benzene rings is 2. The van der Waals surface area contributed by atoms with Crippen molar-refractivity contribution in [3.05, 3.63) is 73.2 Å². The minimum absolute atomic E-state index is 0.555. The third kappa shape index (κ3) is 4.69. The second-order valence-electron chi connectivity index (χ2n) is 11.2. The molecule has 1 aliphatic heterocycles. The quantitative estimate of drug-likeness (QED) is 0.212. The van der Waals surface area contributed by atoms with Gasteiger partial charge in [-0.15, -0.1) is 0 Å². The fourth-order valence-electron chi connectivity index (χ4n) is 6.48. The molecule has 7 rings (SSSR count). The van der Waals surface area contributed by atoms with Gasteiger partial charge in [0.25, 0.3) is 0 Å². The van der Waals surface area contributed by atoms with Gasteiger partial charge in [-0.2, -0.15) is 5.10 Å². The summed E-state index contributed by atoms with van der Waals surface area (Å²) in [6, 6.07) is 17.5. The molecule has 2 fully saturated rings. The molecule has 1 saturated carbocycles. The highest BCUT2D eigenvalue weighted by Gasteiger charge is 2.19. The van der Waals surface area contributed by atoms with Crippen LogP contribution in [0.5, 0.6) is 0 Å². The van der Waals surface area contributed by atoms with Crippen molar-refractivity contribution in [2.24, 2.45) is 5.92 Å². The van der Waals surface area contributed by atoms with Crippen LogP contribution in [-0.2, 0) is 0 Å². The van der Waals surface area contributed by atoms with E-state index in [1.807, 2.05) is 12.4 Å². The van der Waals surface area contributed by atoms with E-state index >= 15 is 0 Å². The average Bonchev–Trinajstić information content (AvgIpc) is 3.62. The Kier molecular flexibility index (Phi) is 6.31. The number of aromatic amines is 2. The van der Waals surface area contributed by atoms with Gasteiger partial charge in [-0.1, -0.05) is 38.0 Å². The van der Waals surface area contributed by atoms with E-state index in [4.69, 9.17) is 5.10 Å². The van der Waals surface area contributed by atoms with E-state index in [2.05, 4.69) is 80.4 Å². The van der Waals surface area contributed by atoms with E-state index in [1.165, 1.54) is 62.4 Å². The Labute approximate surface area is 229 Å². The summed E-state index contributed by atoms with van der Waals surface area (Å²) in [4.78, 5) is 10.7. The molecule has 0 unspecified atom stereocenters. The second-order valence-corrected chi connectivity index (χ2v) is 11.2. The zero-order valence-electron chi connectivity index (χ0n) is 22.5. The molecule has 0 amide bonds. The first kappa shape index (κ1) is 24.0. The number of rotatable bonds is 6. The van der Waals surface area contributed by atoms with Crippen LogP contribution in [0.3, 0.4) is 0 Å². The lowest BCUT2D eigenvalue weighted by Gasteiger charge is -2.29. The average molecular weight is 517 g/mol. The number of piperidine rings is 1. The Morgan fingerprint density at radius 2 is 1.69 bits per heavy atom. The van der Waals surface area contributed by atoms with Crippen LogP contribution in [0, 0.1) is 5.92 Å². The molecule has 0 spiro atoms. The number of aromatic nitrogens is 4. The van der Waals surface area contributed by atoms with Crippen LogP contribution in [0.2, 0.25) is 0 Å². The molecule has 0 atom stereocenters. The van der Waals surface area contributed by atoms with Gasteiger partial charge in [0.2, 0.25) is 0 Å². The highest BCUT2D eigenvalue weighted by atomic mass is 15.1. The second kappa shape index (κ2) is 10.3. The highest BCUT2D eigenvalue weighted by Crippen LogP contribution is 2.36. The predicted molar refractivity (Wildman–Crippen MR) is 162 cm³/mol. The van der Waals surface area contributed by atoms with Gasteiger partial charge in [-0.25, -0.2) is 0 Å². The molecule has 1 aliphatic carbocycles. The van der Waals surface area contributed by atoms with Crippen LogP contribution < -0.4 is 10.2 Å². The SMILES string of the molecule is C=C(Nc1cncc(-c2ccc3[nH]nc(-c4cc5c(N6CCCCC6)cccc5[nH]4)c3c2)c1)C1CCCCC1. The van der Waals surface area contributed by atoms with Crippen molar-refractivity contribution in [1.29, 1.82) is 0 Å². The van der Waals surface area contributed by atoms with Crippen molar-refractivity contribution in [1.82, 2.24) is 20.2 Å². The van der Waals surface area contributed by atoms with E-state index < -0.39 is 0 Å². The summed E-state index contributed by atoms with van der Waals surface area (Å²) in [5.74, 6) is 0.555. The number of hydrogen-bond acceptors (Lipinski definition) is 4. The summed E-state index contributed by atoms with van der Waals surface area (Å²) in [5, 5.41) is 13.9. The number of fused-ring (bicyclic) bond motifs is 2. The molecule has 6 nitrogen and oxygen atoms in total. The molecule has 39 heavy (non-hydrogen) atoms. The Morgan fingerprint density at radius 1 is 0.846 bits per heavy atom. The lowest BCUT2D eigenvalue weighted by molar-refractivity contribution is 0.405. The Hall–Kier alpha value is -4.06. The van der Waals surface area contributed by atoms with Gasteiger partial charge in [0.1, 0.15) is 5.69 Å². The minimum atomic E-state index is 0.555. The van der Waals surface area contributed by atoms with E-state index in [0.717, 1.165) is 63.4 Å². The molecule has 2 aliphatic rings. The smallest absolute Gasteiger partial charge is 0.116 e. The monoisotopic (exact) mass is 516 g/mol.